The van der Waals surface area contributed by atoms with E-state index in [4.69, 9.17) is 10.4 Å². The number of fused-ring (bicyclic) bond motifs is 1. The Bertz CT molecular complexity index is 1390. The molecule has 1 aromatic heterocycles. The van der Waals surface area contributed by atoms with Crippen molar-refractivity contribution >= 4 is 17.0 Å². The molecule has 0 unspecified atom stereocenters. The Labute approximate surface area is 196 Å². The smallest absolute Gasteiger partial charge is 0.303 e. The van der Waals surface area contributed by atoms with Crippen molar-refractivity contribution in [1.82, 2.24) is 9.97 Å². The number of carboxylic acids is 1. The number of halogens is 1. The van der Waals surface area contributed by atoms with E-state index in [1.165, 1.54) is 11.6 Å². The van der Waals surface area contributed by atoms with Crippen molar-refractivity contribution in [2.24, 2.45) is 5.92 Å². The summed E-state index contributed by atoms with van der Waals surface area (Å²) < 4.78 is 15.0. The van der Waals surface area contributed by atoms with Gasteiger partial charge in [0.15, 0.2) is 0 Å². The van der Waals surface area contributed by atoms with Crippen LogP contribution in [0.4, 0.5) is 4.39 Å². The third-order valence-electron chi connectivity index (χ3n) is 6.86. The summed E-state index contributed by atoms with van der Waals surface area (Å²) in [6.45, 7) is 0. The molecule has 1 saturated carbocycles. The van der Waals surface area contributed by atoms with Gasteiger partial charge in [-0.2, -0.15) is 5.26 Å². The Hall–Kier alpha value is -3.98. The quantitative estimate of drug-likeness (QED) is 0.354. The van der Waals surface area contributed by atoms with Crippen molar-refractivity contribution in [3.63, 3.8) is 0 Å². The van der Waals surface area contributed by atoms with Gasteiger partial charge in [0.1, 0.15) is 11.6 Å². The van der Waals surface area contributed by atoms with Crippen LogP contribution in [-0.2, 0) is 4.79 Å². The van der Waals surface area contributed by atoms with Gasteiger partial charge in [-0.3, -0.25) is 4.79 Å². The first-order valence-corrected chi connectivity index (χ1v) is 11.5. The molecular weight excluding hydrogens is 429 g/mol. The standard InChI is InChI=1S/C28H24FN3O2/c29-24-15-22(10-11-23(24)28-31-25-12-3-18(16-30)13-26(25)32-28)21-8-6-20(7-9-21)19-4-1-17(2-5-19)14-27(33)34/h3,6-13,15,17,19H,1-2,4-5,14H2,(H,31,32)(H,33,34). The van der Waals surface area contributed by atoms with Crippen LogP contribution in [0.1, 0.15) is 49.1 Å². The molecule has 3 aromatic carbocycles. The fourth-order valence-electron chi connectivity index (χ4n) is 4.99. The van der Waals surface area contributed by atoms with Crippen LogP contribution in [0, 0.1) is 23.1 Å². The van der Waals surface area contributed by atoms with Crippen LogP contribution in [0.2, 0.25) is 0 Å². The molecule has 5 rings (SSSR count). The minimum absolute atomic E-state index is 0.266. The molecule has 1 fully saturated rings. The lowest BCUT2D eigenvalue weighted by atomic mass is 9.77. The van der Waals surface area contributed by atoms with Crippen molar-refractivity contribution in [1.29, 1.82) is 5.26 Å². The lowest BCUT2D eigenvalue weighted by Crippen LogP contribution is -2.16. The highest BCUT2D eigenvalue weighted by Gasteiger charge is 2.24. The maximum absolute atomic E-state index is 15.0. The number of carbonyl (C=O) groups is 1. The Morgan fingerprint density at radius 1 is 1.03 bits per heavy atom. The number of aromatic amines is 1. The molecule has 0 amide bonds. The van der Waals surface area contributed by atoms with Crippen LogP contribution < -0.4 is 0 Å². The molecule has 34 heavy (non-hydrogen) atoms. The second kappa shape index (κ2) is 9.11. The molecule has 5 nitrogen and oxygen atoms in total. The van der Waals surface area contributed by atoms with E-state index < -0.39 is 5.97 Å². The summed E-state index contributed by atoms with van der Waals surface area (Å²) in [4.78, 5) is 18.5. The molecule has 0 bridgehead atoms. The first kappa shape index (κ1) is 21.8. The van der Waals surface area contributed by atoms with Gasteiger partial charge in [-0.15, -0.1) is 0 Å². The lowest BCUT2D eigenvalue weighted by Gasteiger charge is -2.28. The van der Waals surface area contributed by atoms with E-state index in [0.717, 1.165) is 36.8 Å². The van der Waals surface area contributed by atoms with Crippen molar-refractivity contribution in [2.45, 2.75) is 38.0 Å². The van der Waals surface area contributed by atoms with Crippen LogP contribution in [0.15, 0.2) is 60.7 Å². The summed E-state index contributed by atoms with van der Waals surface area (Å²) in [6.07, 6.45) is 4.18. The first-order chi connectivity index (χ1) is 16.5. The Morgan fingerprint density at radius 2 is 1.76 bits per heavy atom. The topological polar surface area (TPSA) is 89.8 Å². The van der Waals surface area contributed by atoms with Gasteiger partial charge in [-0.25, -0.2) is 9.37 Å². The number of hydrogen-bond donors (Lipinski definition) is 2. The van der Waals surface area contributed by atoms with E-state index >= 15 is 4.39 Å². The van der Waals surface area contributed by atoms with E-state index in [1.807, 2.05) is 18.2 Å². The van der Waals surface area contributed by atoms with Crippen LogP contribution in [0.25, 0.3) is 33.5 Å². The third kappa shape index (κ3) is 4.42. The van der Waals surface area contributed by atoms with Crippen molar-refractivity contribution in [2.75, 3.05) is 0 Å². The summed E-state index contributed by atoms with van der Waals surface area (Å²) in [5.41, 5.74) is 5.28. The average molecular weight is 454 g/mol. The molecule has 0 atom stereocenters. The van der Waals surface area contributed by atoms with E-state index in [9.17, 15) is 4.79 Å². The second-order valence-corrected chi connectivity index (χ2v) is 9.06. The monoisotopic (exact) mass is 453 g/mol. The van der Waals surface area contributed by atoms with Gasteiger partial charge >= 0.3 is 5.97 Å². The van der Waals surface area contributed by atoms with Crippen LogP contribution >= 0.6 is 0 Å². The highest BCUT2D eigenvalue weighted by atomic mass is 19.1. The van der Waals surface area contributed by atoms with Gasteiger partial charge in [0.25, 0.3) is 0 Å². The number of nitriles is 1. The molecule has 6 heteroatoms. The molecule has 2 N–H and O–H groups in total. The molecule has 4 aromatic rings. The number of H-pyrrole nitrogens is 1. The van der Waals surface area contributed by atoms with Crippen molar-refractivity contribution < 1.29 is 14.3 Å². The minimum Gasteiger partial charge on any atom is -0.481 e. The van der Waals surface area contributed by atoms with E-state index in [1.54, 1.807) is 24.3 Å². The normalized spacial score (nSPS) is 18.0. The SMILES string of the molecule is N#Cc1ccc2nc(-c3ccc(-c4ccc(C5CCC(CC(=O)O)CC5)cc4)cc3F)[nH]c2c1. The van der Waals surface area contributed by atoms with Gasteiger partial charge in [0.05, 0.1) is 28.2 Å². The maximum Gasteiger partial charge on any atom is 0.303 e. The molecule has 0 spiro atoms. The average Bonchev–Trinajstić information content (AvgIpc) is 3.27. The first-order valence-electron chi connectivity index (χ1n) is 11.5. The van der Waals surface area contributed by atoms with Gasteiger partial charge in [0.2, 0.25) is 0 Å². The Kier molecular flexibility index (Phi) is 5.85. The maximum atomic E-state index is 15.0. The predicted molar refractivity (Wildman–Crippen MR) is 129 cm³/mol. The molecule has 0 saturated heterocycles. The number of rotatable bonds is 5. The van der Waals surface area contributed by atoms with Gasteiger partial charge in [-0.05, 0) is 84.5 Å². The zero-order chi connectivity index (χ0) is 23.7. The predicted octanol–water partition coefficient (Wildman–Crippen LogP) is 6.66. The molecule has 1 aliphatic rings. The highest BCUT2D eigenvalue weighted by Crippen LogP contribution is 2.38. The van der Waals surface area contributed by atoms with Crippen LogP contribution in [0.3, 0.4) is 0 Å². The highest BCUT2D eigenvalue weighted by molar-refractivity contribution is 5.81. The molecule has 1 aliphatic carbocycles. The van der Waals surface area contributed by atoms with Crippen LogP contribution in [-0.4, -0.2) is 21.0 Å². The fraction of sp³-hybridized carbons (Fsp3) is 0.250. The number of nitrogens with one attached hydrogen (secondary N) is 1. The van der Waals surface area contributed by atoms with E-state index in [-0.39, 0.29) is 18.2 Å². The summed E-state index contributed by atoms with van der Waals surface area (Å²) >= 11 is 0. The Morgan fingerprint density at radius 3 is 2.44 bits per heavy atom. The second-order valence-electron chi connectivity index (χ2n) is 9.06. The zero-order valence-corrected chi connectivity index (χ0v) is 18.6. The molecule has 170 valence electrons. The summed E-state index contributed by atoms with van der Waals surface area (Å²) in [5.74, 6) is 0.0999. The van der Waals surface area contributed by atoms with Crippen molar-refractivity contribution in [3.8, 4) is 28.6 Å². The molecule has 0 aliphatic heterocycles. The molecule has 1 heterocycles. The van der Waals surface area contributed by atoms with E-state index in [0.29, 0.717) is 33.9 Å². The number of nitrogens with zero attached hydrogens (tertiary/aromatic N) is 2. The summed E-state index contributed by atoms with van der Waals surface area (Å²) in [7, 11) is 0. The summed E-state index contributed by atoms with van der Waals surface area (Å²) in [5, 5.41) is 18.1. The molecular formula is C28H24FN3O2. The number of imidazole rings is 1. The third-order valence-corrected chi connectivity index (χ3v) is 6.86. The lowest BCUT2D eigenvalue weighted by molar-refractivity contribution is -0.138. The number of benzene rings is 3. The molecule has 0 radical (unpaired) electrons. The zero-order valence-electron chi connectivity index (χ0n) is 18.6. The fourth-order valence-corrected chi connectivity index (χ4v) is 4.99. The minimum atomic E-state index is -0.709. The van der Waals surface area contributed by atoms with Crippen LogP contribution in [0.5, 0.6) is 0 Å². The largest absolute Gasteiger partial charge is 0.481 e. The number of hydrogen-bond acceptors (Lipinski definition) is 3. The van der Waals surface area contributed by atoms with Crippen molar-refractivity contribution in [3.05, 3.63) is 77.6 Å². The van der Waals surface area contributed by atoms with Gasteiger partial charge in [-0.1, -0.05) is 30.3 Å². The number of carboxylic acid groups (broad SMARTS) is 1. The Balaban J connectivity index is 1.32. The van der Waals surface area contributed by atoms with Gasteiger partial charge in [0, 0.05) is 6.42 Å². The van der Waals surface area contributed by atoms with E-state index in [2.05, 4.69) is 28.2 Å². The number of aliphatic carboxylic acids is 1. The van der Waals surface area contributed by atoms with Gasteiger partial charge < -0.3 is 10.1 Å². The number of aromatic nitrogens is 2. The summed E-state index contributed by atoms with van der Waals surface area (Å²) in [6, 6.07) is 20.6.